The lowest BCUT2D eigenvalue weighted by molar-refractivity contribution is -0.141. The van der Waals surface area contributed by atoms with Crippen LogP contribution in [0.15, 0.2) is 30.5 Å². The zero-order chi connectivity index (χ0) is 13.1. The summed E-state index contributed by atoms with van der Waals surface area (Å²) in [5.41, 5.74) is 8.01. The molecule has 3 N–H and O–H groups in total. The maximum Gasteiger partial charge on any atom is 0.327 e. The molecular formula is C13H15N3O2. The van der Waals surface area contributed by atoms with E-state index in [9.17, 15) is 4.79 Å². The van der Waals surface area contributed by atoms with Crippen molar-refractivity contribution in [2.24, 2.45) is 0 Å². The highest BCUT2D eigenvalue weighted by molar-refractivity contribution is 5.99. The van der Waals surface area contributed by atoms with Crippen LogP contribution in [0.3, 0.4) is 0 Å². The number of carbonyl (C=O) groups excluding carboxylic acids is 1. The fourth-order valence-electron chi connectivity index (χ4n) is 1.79. The van der Waals surface area contributed by atoms with Crippen molar-refractivity contribution in [1.82, 2.24) is 4.98 Å². The van der Waals surface area contributed by atoms with Crippen molar-refractivity contribution in [2.75, 3.05) is 18.2 Å². The Hall–Kier alpha value is -2.30. The van der Waals surface area contributed by atoms with E-state index in [0.717, 1.165) is 16.6 Å². The molecule has 94 valence electrons. The van der Waals surface area contributed by atoms with E-state index in [1.165, 1.54) is 7.11 Å². The van der Waals surface area contributed by atoms with Crippen molar-refractivity contribution >= 4 is 28.2 Å². The Kier molecular flexibility index (Phi) is 3.32. The summed E-state index contributed by atoms with van der Waals surface area (Å²) in [5.74, 6) is -0.316. The monoisotopic (exact) mass is 245 g/mol. The van der Waals surface area contributed by atoms with Crippen molar-refractivity contribution in [3.63, 3.8) is 0 Å². The molecule has 1 unspecified atom stereocenters. The largest absolute Gasteiger partial charge is 0.467 e. The molecule has 0 aliphatic rings. The van der Waals surface area contributed by atoms with E-state index in [0.29, 0.717) is 5.69 Å². The number of aromatic nitrogens is 1. The van der Waals surface area contributed by atoms with Crippen LogP contribution in [0.2, 0.25) is 0 Å². The van der Waals surface area contributed by atoms with Crippen LogP contribution in [0, 0.1) is 0 Å². The number of pyridine rings is 1. The second-order valence-corrected chi connectivity index (χ2v) is 3.99. The molecule has 0 saturated carbocycles. The fourth-order valence-corrected chi connectivity index (χ4v) is 1.79. The number of rotatable bonds is 3. The van der Waals surface area contributed by atoms with Crippen LogP contribution in [0.1, 0.15) is 6.92 Å². The third kappa shape index (κ3) is 2.20. The van der Waals surface area contributed by atoms with Crippen molar-refractivity contribution in [2.45, 2.75) is 13.0 Å². The van der Waals surface area contributed by atoms with Gasteiger partial charge in [0.25, 0.3) is 0 Å². The molecule has 1 atom stereocenters. The molecule has 0 saturated heterocycles. The number of nitrogens with zero attached hydrogens (tertiary/aromatic N) is 1. The number of ether oxygens (including phenoxy) is 1. The molecule has 0 amide bonds. The number of esters is 1. The number of fused-ring (bicyclic) bond motifs is 1. The Labute approximate surface area is 105 Å². The van der Waals surface area contributed by atoms with Crippen molar-refractivity contribution in [3.8, 4) is 0 Å². The molecule has 0 fully saturated rings. The Morgan fingerprint density at radius 3 is 2.94 bits per heavy atom. The number of anilines is 2. The van der Waals surface area contributed by atoms with Gasteiger partial charge < -0.3 is 15.8 Å². The second-order valence-electron chi connectivity index (χ2n) is 3.99. The number of nitrogens with two attached hydrogens (primary N) is 1. The van der Waals surface area contributed by atoms with Gasteiger partial charge in [-0.1, -0.05) is 0 Å². The van der Waals surface area contributed by atoms with Gasteiger partial charge in [0.1, 0.15) is 6.04 Å². The van der Waals surface area contributed by atoms with E-state index < -0.39 is 6.04 Å². The summed E-state index contributed by atoms with van der Waals surface area (Å²) in [4.78, 5) is 15.6. The zero-order valence-corrected chi connectivity index (χ0v) is 10.3. The lowest BCUT2D eigenvalue weighted by atomic mass is 10.1. The van der Waals surface area contributed by atoms with Crippen molar-refractivity contribution < 1.29 is 9.53 Å². The second kappa shape index (κ2) is 4.91. The Bertz CT molecular complexity index is 583. The number of carbonyl (C=O) groups is 1. The summed E-state index contributed by atoms with van der Waals surface area (Å²) in [6.07, 6.45) is 1.69. The van der Waals surface area contributed by atoms with E-state index in [1.54, 1.807) is 19.2 Å². The number of hydrogen-bond acceptors (Lipinski definition) is 5. The van der Waals surface area contributed by atoms with Gasteiger partial charge in [0.2, 0.25) is 0 Å². The topological polar surface area (TPSA) is 77.2 Å². The normalized spacial score (nSPS) is 12.1. The third-order valence-electron chi connectivity index (χ3n) is 2.73. The first-order valence-corrected chi connectivity index (χ1v) is 5.61. The average molecular weight is 245 g/mol. The summed E-state index contributed by atoms with van der Waals surface area (Å²) in [7, 11) is 1.36. The zero-order valence-electron chi connectivity index (χ0n) is 10.3. The Morgan fingerprint density at radius 1 is 1.44 bits per heavy atom. The maximum absolute atomic E-state index is 11.4. The predicted octanol–water partition coefficient (Wildman–Crippen LogP) is 1.79. The van der Waals surface area contributed by atoms with Crippen LogP contribution < -0.4 is 11.1 Å². The minimum Gasteiger partial charge on any atom is -0.467 e. The first-order chi connectivity index (χ1) is 8.63. The molecule has 18 heavy (non-hydrogen) atoms. The fraction of sp³-hybridized carbons (Fsp3) is 0.231. The summed E-state index contributed by atoms with van der Waals surface area (Å²) >= 11 is 0. The number of hydrogen-bond donors (Lipinski definition) is 2. The highest BCUT2D eigenvalue weighted by atomic mass is 16.5. The molecule has 1 aromatic carbocycles. The molecule has 5 heteroatoms. The molecule has 1 aromatic heterocycles. The molecule has 0 spiro atoms. The van der Waals surface area contributed by atoms with Crippen LogP contribution in [0.25, 0.3) is 10.9 Å². The summed E-state index contributed by atoms with van der Waals surface area (Å²) in [5, 5.41) is 3.98. The Balaban J connectivity index is 2.40. The lowest BCUT2D eigenvalue weighted by Gasteiger charge is -2.15. The minimum absolute atomic E-state index is 0.316. The smallest absolute Gasteiger partial charge is 0.327 e. The van der Waals surface area contributed by atoms with Crippen molar-refractivity contribution in [1.29, 1.82) is 0 Å². The molecule has 0 bridgehead atoms. The van der Waals surface area contributed by atoms with Gasteiger partial charge in [-0.25, -0.2) is 4.79 Å². The van der Waals surface area contributed by atoms with Gasteiger partial charge in [-0.05, 0) is 31.2 Å². The van der Waals surface area contributed by atoms with Crippen LogP contribution in [0.5, 0.6) is 0 Å². The van der Waals surface area contributed by atoms with E-state index in [2.05, 4.69) is 15.0 Å². The maximum atomic E-state index is 11.4. The molecule has 1 heterocycles. The first-order valence-electron chi connectivity index (χ1n) is 5.61. The van der Waals surface area contributed by atoms with E-state index in [-0.39, 0.29) is 5.97 Å². The summed E-state index contributed by atoms with van der Waals surface area (Å²) in [6.45, 7) is 1.74. The third-order valence-corrected chi connectivity index (χ3v) is 2.73. The SMILES string of the molecule is COC(=O)C(C)Nc1ccc(N)c2ncccc12. The quantitative estimate of drug-likeness (QED) is 0.636. The van der Waals surface area contributed by atoms with E-state index in [1.807, 2.05) is 18.2 Å². The van der Waals surface area contributed by atoms with Gasteiger partial charge in [-0.2, -0.15) is 0 Å². The summed E-state index contributed by atoms with van der Waals surface area (Å²) < 4.78 is 4.68. The van der Waals surface area contributed by atoms with E-state index >= 15 is 0 Å². The molecule has 0 aliphatic heterocycles. The van der Waals surface area contributed by atoms with Gasteiger partial charge in [0.15, 0.2) is 0 Å². The Morgan fingerprint density at radius 2 is 2.22 bits per heavy atom. The molecule has 0 radical (unpaired) electrons. The number of nitrogen functional groups attached to an aromatic ring is 1. The summed E-state index contributed by atoms with van der Waals surface area (Å²) in [6, 6.07) is 6.91. The number of methoxy groups -OCH3 is 1. The molecule has 0 aliphatic carbocycles. The predicted molar refractivity (Wildman–Crippen MR) is 71.3 cm³/mol. The number of benzene rings is 1. The molecule has 5 nitrogen and oxygen atoms in total. The van der Waals surface area contributed by atoms with Crippen molar-refractivity contribution in [3.05, 3.63) is 30.5 Å². The van der Waals surface area contributed by atoms with Gasteiger partial charge in [0.05, 0.1) is 18.3 Å². The van der Waals surface area contributed by atoms with Crippen LogP contribution in [0.4, 0.5) is 11.4 Å². The van der Waals surface area contributed by atoms with Gasteiger partial charge in [-0.3, -0.25) is 4.98 Å². The van der Waals surface area contributed by atoms with Gasteiger partial charge >= 0.3 is 5.97 Å². The molecule has 2 rings (SSSR count). The standard InChI is InChI=1S/C13H15N3O2/c1-8(13(17)18-2)16-11-6-5-10(14)12-9(11)4-3-7-15-12/h3-8,16H,14H2,1-2H3. The molecular weight excluding hydrogens is 230 g/mol. The van der Waals surface area contributed by atoms with Crippen LogP contribution >= 0.6 is 0 Å². The average Bonchev–Trinajstić information content (AvgIpc) is 2.41. The minimum atomic E-state index is -0.429. The van der Waals surface area contributed by atoms with Gasteiger partial charge in [-0.15, -0.1) is 0 Å². The highest BCUT2D eigenvalue weighted by Crippen LogP contribution is 2.26. The van der Waals surface area contributed by atoms with E-state index in [4.69, 9.17) is 5.73 Å². The van der Waals surface area contributed by atoms with Gasteiger partial charge in [0, 0.05) is 17.3 Å². The first kappa shape index (κ1) is 12.2. The highest BCUT2D eigenvalue weighted by Gasteiger charge is 2.14. The number of nitrogens with one attached hydrogen (secondary N) is 1. The molecule has 2 aromatic rings. The van der Waals surface area contributed by atoms with Crippen LogP contribution in [-0.2, 0) is 9.53 Å². The lowest BCUT2D eigenvalue weighted by Crippen LogP contribution is -2.27. The van der Waals surface area contributed by atoms with Crippen LogP contribution in [-0.4, -0.2) is 24.1 Å².